The first-order chi connectivity index (χ1) is 7.56. The third kappa shape index (κ3) is 4.49. The van der Waals surface area contributed by atoms with Crippen LogP contribution in [0.15, 0.2) is 11.3 Å². The molecule has 17 heavy (non-hydrogen) atoms. The molecule has 0 aliphatic rings. The lowest BCUT2D eigenvalue weighted by Gasteiger charge is -2.22. The molecule has 0 atom stereocenters. The molecule has 0 radical (unpaired) electrons. The van der Waals surface area contributed by atoms with Crippen LogP contribution in [0.4, 0.5) is 0 Å². The third-order valence-electron chi connectivity index (χ3n) is 2.20. The zero-order valence-corrected chi connectivity index (χ0v) is 13.4. The van der Waals surface area contributed by atoms with E-state index in [1.165, 1.54) is 0 Å². The van der Waals surface area contributed by atoms with Crippen molar-refractivity contribution in [3.63, 3.8) is 0 Å². The highest BCUT2D eigenvalue weighted by Gasteiger charge is 2.06. The van der Waals surface area contributed by atoms with Gasteiger partial charge in [-0.2, -0.15) is 0 Å². The van der Waals surface area contributed by atoms with Gasteiger partial charge in [-0.1, -0.05) is 0 Å². The van der Waals surface area contributed by atoms with E-state index in [-0.39, 0.29) is 24.0 Å². The van der Waals surface area contributed by atoms with Crippen molar-refractivity contribution in [2.24, 2.45) is 4.99 Å². The number of guanidine groups is 1. The van der Waals surface area contributed by atoms with E-state index in [0.29, 0.717) is 6.54 Å². The highest BCUT2D eigenvalue weighted by molar-refractivity contribution is 14.0. The molecule has 0 amide bonds. The topological polar surface area (TPSA) is 49.6 Å². The van der Waals surface area contributed by atoms with Crippen LogP contribution in [0.1, 0.15) is 12.7 Å². The number of aromatic nitrogens is 3. The first-order valence-corrected chi connectivity index (χ1v) is 5.32. The molecule has 0 saturated heterocycles. The number of rotatable bonds is 3. The predicted octanol–water partition coefficient (Wildman–Crippen LogP) is 0.895. The molecule has 0 bridgehead atoms. The van der Waals surface area contributed by atoms with E-state index in [9.17, 15) is 0 Å². The fourth-order valence-electron chi connectivity index (χ4n) is 1.49. The Morgan fingerprint density at radius 3 is 2.35 bits per heavy atom. The van der Waals surface area contributed by atoms with Gasteiger partial charge in [0.2, 0.25) is 0 Å². The Kier molecular flexibility index (Phi) is 7.09. The van der Waals surface area contributed by atoms with Crippen molar-refractivity contribution < 1.29 is 0 Å². The van der Waals surface area contributed by atoms with Crippen LogP contribution in [0.25, 0.3) is 0 Å². The third-order valence-corrected chi connectivity index (χ3v) is 2.20. The van der Waals surface area contributed by atoms with Crippen molar-refractivity contribution in [2.75, 3.05) is 28.2 Å². The summed E-state index contributed by atoms with van der Waals surface area (Å²) in [7, 11) is 7.90. The fourth-order valence-corrected chi connectivity index (χ4v) is 1.49. The molecule has 0 saturated carbocycles. The van der Waals surface area contributed by atoms with Gasteiger partial charge in [0.05, 0.1) is 0 Å². The van der Waals surface area contributed by atoms with Gasteiger partial charge in [-0.15, -0.1) is 34.2 Å². The molecule has 0 aliphatic carbocycles. The van der Waals surface area contributed by atoms with Gasteiger partial charge in [-0.25, -0.2) is 4.99 Å². The lowest BCUT2D eigenvalue weighted by Crippen LogP contribution is -2.35. The van der Waals surface area contributed by atoms with Gasteiger partial charge in [0.25, 0.3) is 0 Å². The van der Waals surface area contributed by atoms with Crippen LogP contribution in [0.5, 0.6) is 0 Å². The zero-order chi connectivity index (χ0) is 12.1. The molecule has 1 heterocycles. The summed E-state index contributed by atoms with van der Waals surface area (Å²) in [5.74, 6) is 1.81. The van der Waals surface area contributed by atoms with E-state index in [1.807, 2.05) is 42.6 Å². The largest absolute Gasteiger partial charge is 0.349 e. The van der Waals surface area contributed by atoms with Crippen LogP contribution in [0, 0.1) is 0 Å². The van der Waals surface area contributed by atoms with Crippen molar-refractivity contribution in [3.8, 4) is 0 Å². The van der Waals surface area contributed by atoms with Crippen LogP contribution in [-0.4, -0.2) is 58.7 Å². The molecule has 0 aliphatic heterocycles. The molecule has 0 unspecified atom stereocenters. The molecule has 0 spiro atoms. The zero-order valence-electron chi connectivity index (χ0n) is 11.1. The summed E-state index contributed by atoms with van der Waals surface area (Å²) in [6.07, 6.45) is 1.73. The lowest BCUT2D eigenvalue weighted by atomic mass is 10.5. The van der Waals surface area contributed by atoms with Gasteiger partial charge in [-0.05, 0) is 6.92 Å². The lowest BCUT2D eigenvalue weighted by molar-refractivity contribution is 0.478. The van der Waals surface area contributed by atoms with Crippen molar-refractivity contribution in [3.05, 3.63) is 12.2 Å². The van der Waals surface area contributed by atoms with Gasteiger partial charge in [0.15, 0.2) is 11.8 Å². The van der Waals surface area contributed by atoms with E-state index in [4.69, 9.17) is 0 Å². The second kappa shape index (κ2) is 7.46. The minimum atomic E-state index is 0. The van der Waals surface area contributed by atoms with E-state index < -0.39 is 0 Å². The van der Waals surface area contributed by atoms with Crippen LogP contribution in [0.2, 0.25) is 0 Å². The molecule has 1 rings (SSSR count). The number of nitrogens with zero attached hydrogens (tertiary/aromatic N) is 6. The van der Waals surface area contributed by atoms with Crippen molar-refractivity contribution in [1.29, 1.82) is 0 Å². The highest BCUT2D eigenvalue weighted by Crippen LogP contribution is 1.99. The van der Waals surface area contributed by atoms with Crippen LogP contribution < -0.4 is 0 Å². The molecule has 1 aromatic rings. The summed E-state index contributed by atoms with van der Waals surface area (Å²) in [5.41, 5.74) is 0. The van der Waals surface area contributed by atoms with Gasteiger partial charge >= 0.3 is 0 Å². The average Bonchev–Trinajstić information content (AvgIpc) is 2.64. The minimum Gasteiger partial charge on any atom is -0.349 e. The summed E-state index contributed by atoms with van der Waals surface area (Å²) < 4.78 is 1.99. The number of hydrogen-bond acceptors (Lipinski definition) is 3. The molecular formula is C10H21IN6. The van der Waals surface area contributed by atoms with Crippen LogP contribution in [-0.2, 0) is 13.1 Å². The summed E-state index contributed by atoms with van der Waals surface area (Å²) in [6, 6.07) is 0. The molecular weight excluding hydrogens is 331 g/mol. The van der Waals surface area contributed by atoms with Gasteiger partial charge in [-0.3, -0.25) is 0 Å². The molecule has 0 aromatic carbocycles. The Morgan fingerprint density at radius 1 is 1.29 bits per heavy atom. The standard InChI is InChI=1S/C10H20N6.HI/c1-6-16-8-12-13-9(16)7-11-10(14(2)3)15(4)5;/h8H,6-7H2,1-5H3;1H. The normalized spacial score (nSPS) is 9.47. The van der Waals surface area contributed by atoms with Gasteiger partial charge < -0.3 is 14.4 Å². The second-order valence-corrected chi connectivity index (χ2v) is 3.94. The SMILES string of the molecule is CCn1cnnc1CN=C(N(C)C)N(C)C.I. The molecule has 0 fully saturated rings. The van der Waals surface area contributed by atoms with Crippen LogP contribution >= 0.6 is 24.0 Å². The van der Waals surface area contributed by atoms with E-state index in [0.717, 1.165) is 18.3 Å². The summed E-state index contributed by atoms with van der Waals surface area (Å²) >= 11 is 0. The first kappa shape index (κ1) is 16.1. The Balaban J connectivity index is 0.00000256. The number of aliphatic imine (C=N–C) groups is 1. The maximum Gasteiger partial charge on any atom is 0.195 e. The van der Waals surface area contributed by atoms with Crippen molar-refractivity contribution in [1.82, 2.24) is 24.6 Å². The van der Waals surface area contributed by atoms with Crippen molar-refractivity contribution >= 4 is 29.9 Å². The number of hydrogen-bond donors (Lipinski definition) is 0. The molecule has 1 aromatic heterocycles. The molecule has 6 nitrogen and oxygen atoms in total. The van der Waals surface area contributed by atoms with Gasteiger partial charge in [0.1, 0.15) is 12.9 Å². The first-order valence-electron chi connectivity index (χ1n) is 5.32. The fraction of sp³-hybridized carbons (Fsp3) is 0.700. The molecule has 0 N–H and O–H groups in total. The molecule has 98 valence electrons. The Bertz CT molecular complexity index is 347. The van der Waals surface area contributed by atoms with E-state index in [2.05, 4.69) is 22.1 Å². The van der Waals surface area contributed by atoms with E-state index in [1.54, 1.807) is 6.33 Å². The highest BCUT2D eigenvalue weighted by atomic mass is 127. The Morgan fingerprint density at radius 2 is 1.88 bits per heavy atom. The molecule has 7 heteroatoms. The van der Waals surface area contributed by atoms with Gasteiger partial charge in [0, 0.05) is 34.7 Å². The Hall–Kier alpha value is -0.860. The summed E-state index contributed by atoms with van der Waals surface area (Å²) in [6.45, 7) is 3.49. The maximum absolute atomic E-state index is 4.52. The Labute approximate surface area is 120 Å². The average molecular weight is 352 g/mol. The second-order valence-electron chi connectivity index (χ2n) is 3.94. The smallest absolute Gasteiger partial charge is 0.195 e. The summed E-state index contributed by atoms with van der Waals surface area (Å²) in [5, 5.41) is 7.92. The van der Waals surface area contributed by atoms with Crippen molar-refractivity contribution in [2.45, 2.75) is 20.0 Å². The number of halogens is 1. The van der Waals surface area contributed by atoms with Crippen LogP contribution in [0.3, 0.4) is 0 Å². The van der Waals surface area contributed by atoms with E-state index >= 15 is 0 Å². The maximum atomic E-state index is 4.52. The predicted molar refractivity (Wildman–Crippen MR) is 79.6 cm³/mol. The summed E-state index contributed by atoms with van der Waals surface area (Å²) in [4.78, 5) is 8.48. The monoisotopic (exact) mass is 352 g/mol. The quantitative estimate of drug-likeness (QED) is 0.461. The number of aryl methyl sites for hydroxylation is 1. The minimum absolute atomic E-state index is 0.